The van der Waals surface area contributed by atoms with Gasteiger partial charge in [-0.05, 0) is 47.7 Å². The molecule has 5 heteroatoms. The predicted octanol–water partition coefficient (Wildman–Crippen LogP) is 4.13. The zero-order valence-electron chi connectivity index (χ0n) is 14.8. The van der Waals surface area contributed by atoms with Crippen molar-refractivity contribution >= 4 is 15.9 Å². The SMILES string of the molecule is COc1ccc2c(c1)CCN1Cc3c(c(Br)cc(OC)c3OC)CC21. The normalized spacial score (nSPS) is 18.8. The molecule has 0 aromatic heterocycles. The molecule has 0 amide bonds. The Bertz CT molecular complexity index is 821. The van der Waals surface area contributed by atoms with Crippen LogP contribution in [0.15, 0.2) is 28.7 Å². The summed E-state index contributed by atoms with van der Waals surface area (Å²) in [7, 11) is 5.13. The quantitative estimate of drug-likeness (QED) is 0.770. The maximum absolute atomic E-state index is 5.68. The Kier molecular flexibility index (Phi) is 4.38. The van der Waals surface area contributed by atoms with Crippen molar-refractivity contribution in [2.45, 2.75) is 25.4 Å². The molecule has 0 saturated carbocycles. The lowest BCUT2D eigenvalue weighted by Gasteiger charge is -2.42. The van der Waals surface area contributed by atoms with Crippen LogP contribution in [-0.4, -0.2) is 32.8 Å². The second kappa shape index (κ2) is 6.54. The number of halogens is 1. The molecular formula is C20H22BrNO3. The van der Waals surface area contributed by atoms with E-state index in [1.165, 1.54) is 22.3 Å². The smallest absolute Gasteiger partial charge is 0.165 e. The van der Waals surface area contributed by atoms with E-state index in [9.17, 15) is 0 Å². The fraction of sp³-hybridized carbons (Fsp3) is 0.400. The first-order chi connectivity index (χ1) is 12.2. The Morgan fingerprint density at radius 3 is 2.60 bits per heavy atom. The molecule has 2 aromatic rings. The van der Waals surface area contributed by atoms with Crippen LogP contribution in [0.25, 0.3) is 0 Å². The monoisotopic (exact) mass is 403 g/mol. The maximum atomic E-state index is 5.68. The van der Waals surface area contributed by atoms with E-state index in [1.54, 1.807) is 21.3 Å². The summed E-state index contributed by atoms with van der Waals surface area (Å²) in [4.78, 5) is 2.55. The lowest BCUT2D eigenvalue weighted by molar-refractivity contribution is 0.157. The Hall–Kier alpha value is -1.72. The minimum Gasteiger partial charge on any atom is -0.497 e. The van der Waals surface area contributed by atoms with Gasteiger partial charge in [-0.3, -0.25) is 4.90 Å². The molecule has 1 atom stereocenters. The van der Waals surface area contributed by atoms with Gasteiger partial charge in [-0.2, -0.15) is 0 Å². The van der Waals surface area contributed by atoms with Gasteiger partial charge >= 0.3 is 0 Å². The fourth-order valence-electron chi connectivity index (χ4n) is 4.15. The van der Waals surface area contributed by atoms with Crippen molar-refractivity contribution in [1.82, 2.24) is 4.90 Å². The third-order valence-corrected chi connectivity index (χ3v) is 6.12. The van der Waals surface area contributed by atoms with Gasteiger partial charge in [0.2, 0.25) is 0 Å². The molecule has 25 heavy (non-hydrogen) atoms. The average Bonchev–Trinajstić information content (AvgIpc) is 2.66. The van der Waals surface area contributed by atoms with Crippen LogP contribution < -0.4 is 14.2 Å². The van der Waals surface area contributed by atoms with E-state index >= 15 is 0 Å². The van der Waals surface area contributed by atoms with Gasteiger partial charge in [0.25, 0.3) is 0 Å². The highest BCUT2D eigenvalue weighted by Gasteiger charge is 2.35. The van der Waals surface area contributed by atoms with Crippen molar-refractivity contribution in [2.75, 3.05) is 27.9 Å². The molecule has 2 aromatic carbocycles. The summed E-state index contributed by atoms with van der Waals surface area (Å²) in [5.74, 6) is 2.59. The summed E-state index contributed by atoms with van der Waals surface area (Å²) in [5.41, 5.74) is 5.38. The molecule has 132 valence electrons. The van der Waals surface area contributed by atoms with Gasteiger partial charge in [0, 0.05) is 29.2 Å². The van der Waals surface area contributed by atoms with Crippen LogP contribution >= 0.6 is 15.9 Å². The van der Waals surface area contributed by atoms with Crippen LogP contribution in [0.4, 0.5) is 0 Å². The third-order valence-electron chi connectivity index (χ3n) is 5.41. The third kappa shape index (κ3) is 2.70. The van der Waals surface area contributed by atoms with Crippen LogP contribution in [0.3, 0.4) is 0 Å². The van der Waals surface area contributed by atoms with E-state index in [2.05, 4.69) is 39.0 Å². The molecule has 1 unspecified atom stereocenters. The molecule has 4 rings (SSSR count). The molecule has 2 aliphatic heterocycles. The number of rotatable bonds is 3. The highest BCUT2D eigenvalue weighted by molar-refractivity contribution is 9.10. The van der Waals surface area contributed by atoms with E-state index in [-0.39, 0.29) is 0 Å². The standard InChI is InChI=1S/C20H22BrNO3/c1-23-13-4-5-14-12(8-13)6-7-22-11-16-15(9-18(14)22)17(21)10-19(24-2)20(16)25-3/h4-5,8,10,18H,6-7,9,11H2,1-3H3. The highest BCUT2D eigenvalue weighted by Crippen LogP contribution is 2.46. The van der Waals surface area contributed by atoms with Crippen LogP contribution in [0, 0.1) is 0 Å². The lowest BCUT2D eigenvalue weighted by atomic mass is 9.83. The van der Waals surface area contributed by atoms with Crippen LogP contribution in [0.1, 0.15) is 28.3 Å². The number of nitrogens with zero attached hydrogens (tertiary/aromatic N) is 1. The van der Waals surface area contributed by atoms with Crippen LogP contribution in [0.5, 0.6) is 17.2 Å². The second-order valence-electron chi connectivity index (χ2n) is 6.56. The van der Waals surface area contributed by atoms with Gasteiger partial charge in [-0.25, -0.2) is 0 Å². The number of fused-ring (bicyclic) bond motifs is 4. The minimum absolute atomic E-state index is 0.400. The Balaban J connectivity index is 1.78. The van der Waals surface area contributed by atoms with Crippen LogP contribution in [-0.2, 0) is 19.4 Å². The van der Waals surface area contributed by atoms with Gasteiger partial charge in [0.05, 0.1) is 21.3 Å². The number of ether oxygens (including phenoxy) is 3. The van der Waals surface area contributed by atoms with Crippen molar-refractivity contribution in [1.29, 1.82) is 0 Å². The number of methoxy groups -OCH3 is 3. The zero-order valence-corrected chi connectivity index (χ0v) is 16.4. The molecule has 0 N–H and O–H groups in total. The maximum Gasteiger partial charge on any atom is 0.165 e. The van der Waals surface area contributed by atoms with Gasteiger partial charge in [0.1, 0.15) is 5.75 Å². The van der Waals surface area contributed by atoms with E-state index in [1.807, 2.05) is 6.07 Å². The first-order valence-electron chi connectivity index (χ1n) is 8.49. The van der Waals surface area contributed by atoms with Crippen molar-refractivity contribution < 1.29 is 14.2 Å². The van der Waals surface area contributed by atoms with Gasteiger partial charge in [-0.15, -0.1) is 0 Å². The second-order valence-corrected chi connectivity index (χ2v) is 7.41. The largest absolute Gasteiger partial charge is 0.497 e. The molecule has 0 aliphatic carbocycles. The molecular weight excluding hydrogens is 382 g/mol. The minimum atomic E-state index is 0.400. The number of hydrogen-bond acceptors (Lipinski definition) is 4. The number of hydrogen-bond donors (Lipinski definition) is 0. The first-order valence-corrected chi connectivity index (χ1v) is 9.28. The molecule has 0 radical (unpaired) electrons. The Morgan fingerprint density at radius 1 is 1.04 bits per heavy atom. The summed E-state index contributed by atoms with van der Waals surface area (Å²) in [6.45, 7) is 1.92. The molecule has 0 saturated heterocycles. The summed E-state index contributed by atoms with van der Waals surface area (Å²) in [5, 5.41) is 0. The van der Waals surface area contributed by atoms with Gasteiger partial charge < -0.3 is 14.2 Å². The Morgan fingerprint density at radius 2 is 1.88 bits per heavy atom. The molecule has 2 heterocycles. The van der Waals surface area contributed by atoms with E-state index in [4.69, 9.17) is 14.2 Å². The lowest BCUT2D eigenvalue weighted by Crippen LogP contribution is -2.39. The molecule has 0 bridgehead atoms. The molecule has 2 aliphatic rings. The van der Waals surface area contributed by atoms with Crippen molar-refractivity contribution in [3.05, 3.63) is 51.0 Å². The van der Waals surface area contributed by atoms with Crippen molar-refractivity contribution in [3.8, 4) is 17.2 Å². The van der Waals surface area contributed by atoms with Crippen LogP contribution in [0.2, 0.25) is 0 Å². The zero-order chi connectivity index (χ0) is 17.6. The summed E-state index contributed by atoms with van der Waals surface area (Å²) in [6.07, 6.45) is 2.02. The van der Waals surface area contributed by atoms with E-state index in [0.29, 0.717) is 6.04 Å². The highest BCUT2D eigenvalue weighted by atomic mass is 79.9. The molecule has 0 spiro atoms. The predicted molar refractivity (Wildman–Crippen MR) is 101 cm³/mol. The average molecular weight is 404 g/mol. The molecule has 4 nitrogen and oxygen atoms in total. The van der Waals surface area contributed by atoms with Gasteiger partial charge in [0.15, 0.2) is 11.5 Å². The first kappa shape index (κ1) is 16.7. The summed E-state index contributed by atoms with van der Waals surface area (Å²) >= 11 is 3.74. The molecule has 0 fully saturated rings. The van der Waals surface area contributed by atoms with E-state index < -0.39 is 0 Å². The van der Waals surface area contributed by atoms with Crippen molar-refractivity contribution in [2.24, 2.45) is 0 Å². The van der Waals surface area contributed by atoms with E-state index in [0.717, 1.165) is 47.7 Å². The summed E-state index contributed by atoms with van der Waals surface area (Å²) < 4.78 is 17.7. The summed E-state index contributed by atoms with van der Waals surface area (Å²) in [6, 6.07) is 8.90. The fourth-order valence-corrected chi connectivity index (χ4v) is 4.76. The topological polar surface area (TPSA) is 30.9 Å². The van der Waals surface area contributed by atoms with Gasteiger partial charge in [-0.1, -0.05) is 22.0 Å². The Labute approximate surface area is 156 Å². The number of benzene rings is 2. The van der Waals surface area contributed by atoms with Crippen molar-refractivity contribution in [3.63, 3.8) is 0 Å².